The summed E-state index contributed by atoms with van der Waals surface area (Å²) in [6.45, 7) is 19.4. The molecule has 0 radical (unpaired) electrons. The van der Waals surface area contributed by atoms with Crippen LogP contribution in [0, 0.1) is 11.8 Å². The SMILES string of the molecule is C[Si](C)(C)O[C@H](/C=C/[C@@H]1[C@@H](C/C=C\CCCC(=O)O)[C@@H](O[Si](C)(C)C)C[C@H]1O[Si](C)(C)C)COc1cccc(C(F)(F)F)c1. The molecule has 1 aromatic carbocycles. The molecule has 5 atom stereocenters. The molecule has 250 valence electrons. The molecule has 0 unspecified atom stereocenters. The van der Waals surface area contributed by atoms with E-state index in [-0.39, 0.29) is 42.8 Å². The quantitative estimate of drug-likeness (QED) is 0.101. The summed E-state index contributed by atoms with van der Waals surface area (Å²) in [7, 11) is -5.83. The standard InChI is InChI=1S/C32H53F3O6Si3/c1-42(2,3)39-26(23-38-25-16-14-15-24(21-25)32(33,34)35)19-20-28-27(17-12-10-11-13-18-31(36)37)29(40-43(4,5)6)22-30(28)41-44(7,8)9/h10,12,14-16,19-21,26-30H,11,13,17-18,22-23H2,1-9H3,(H,36,37)/b12-10-,20-19+/t26-,27-,28-,29+,30-/m1/s1. The van der Waals surface area contributed by atoms with Gasteiger partial charge >= 0.3 is 12.1 Å². The van der Waals surface area contributed by atoms with E-state index in [1.807, 2.05) is 6.08 Å². The number of rotatable bonds is 17. The Kier molecular flexibility index (Phi) is 14.2. The first-order valence-corrected chi connectivity index (χ1v) is 25.7. The lowest BCUT2D eigenvalue weighted by molar-refractivity contribution is -0.138. The predicted octanol–water partition coefficient (Wildman–Crippen LogP) is 9.14. The van der Waals surface area contributed by atoms with Crippen LogP contribution in [0.2, 0.25) is 58.9 Å². The van der Waals surface area contributed by atoms with E-state index >= 15 is 0 Å². The number of hydrogen-bond acceptors (Lipinski definition) is 5. The first kappa shape index (κ1) is 38.5. The number of carbonyl (C=O) groups is 1. The van der Waals surface area contributed by atoms with Crippen molar-refractivity contribution < 1.29 is 41.1 Å². The fourth-order valence-corrected chi connectivity index (χ4v) is 8.74. The molecule has 1 aliphatic carbocycles. The molecule has 0 saturated heterocycles. The minimum Gasteiger partial charge on any atom is -0.491 e. The maximum Gasteiger partial charge on any atom is 0.416 e. The van der Waals surface area contributed by atoms with Crippen LogP contribution in [0.25, 0.3) is 0 Å². The molecule has 0 bridgehead atoms. The van der Waals surface area contributed by atoms with Gasteiger partial charge in [-0.15, -0.1) is 0 Å². The van der Waals surface area contributed by atoms with Crippen LogP contribution in [0.4, 0.5) is 13.2 Å². The molecule has 0 spiro atoms. The molecule has 1 aromatic rings. The van der Waals surface area contributed by atoms with Crippen LogP contribution in [0.3, 0.4) is 0 Å². The zero-order chi connectivity index (χ0) is 33.3. The molecule has 0 aliphatic heterocycles. The van der Waals surface area contributed by atoms with Gasteiger partial charge in [0.1, 0.15) is 12.4 Å². The molecular formula is C32H53F3O6Si3. The van der Waals surface area contributed by atoms with E-state index < -0.39 is 48.8 Å². The summed E-state index contributed by atoms with van der Waals surface area (Å²) < 4.78 is 65.5. The van der Waals surface area contributed by atoms with Crippen molar-refractivity contribution in [3.05, 3.63) is 54.1 Å². The van der Waals surface area contributed by atoms with Gasteiger partial charge in [0.2, 0.25) is 0 Å². The zero-order valence-electron chi connectivity index (χ0n) is 27.9. The summed E-state index contributed by atoms with van der Waals surface area (Å²) >= 11 is 0. The van der Waals surface area contributed by atoms with Gasteiger partial charge in [-0.2, -0.15) is 13.2 Å². The van der Waals surface area contributed by atoms with Gasteiger partial charge in [-0.1, -0.05) is 30.4 Å². The van der Waals surface area contributed by atoms with Crippen LogP contribution in [0.1, 0.15) is 37.7 Å². The van der Waals surface area contributed by atoms with E-state index in [9.17, 15) is 18.0 Å². The van der Waals surface area contributed by atoms with Gasteiger partial charge in [0, 0.05) is 12.3 Å². The summed E-state index contributed by atoms with van der Waals surface area (Å²) in [5.74, 6) is -0.464. The smallest absolute Gasteiger partial charge is 0.416 e. The average molecular weight is 675 g/mol. The number of halogens is 3. The summed E-state index contributed by atoms with van der Waals surface area (Å²) in [6.07, 6.45) is 6.41. The van der Waals surface area contributed by atoms with E-state index in [4.69, 9.17) is 23.1 Å². The van der Waals surface area contributed by atoms with Gasteiger partial charge in [-0.05, 0) is 109 Å². The van der Waals surface area contributed by atoms with Crippen molar-refractivity contribution in [2.24, 2.45) is 11.8 Å². The molecule has 0 aromatic heterocycles. The lowest BCUT2D eigenvalue weighted by atomic mass is 9.89. The van der Waals surface area contributed by atoms with Crippen LogP contribution in [-0.4, -0.2) is 60.9 Å². The Balaban J connectivity index is 2.35. The van der Waals surface area contributed by atoms with Crippen LogP contribution in [0.5, 0.6) is 5.75 Å². The second-order valence-electron chi connectivity index (χ2n) is 14.5. The van der Waals surface area contributed by atoms with Crippen molar-refractivity contribution in [3.8, 4) is 5.75 Å². The summed E-state index contributed by atoms with van der Waals surface area (Å²) in [4.78, 5) is 10.9. The predicted molar refractivity (Wildman–Crippen MR) is 178 cm³/mol. The number of aliphatic carboxylic acids is 1. The van der Waals surface area contributed by atoms with Crippen molar-refractivity contribution in [2.75, 3.05) is 6.61 Å². The Morgan fingerprint density at radius 2 is 1.61 bits per heavy atom. The first-order valence-electron chi connectivity index (χ1n) is 15.5. The number of unbranched alkanes of at least 4 members (excludes halogenated alkanes) is 1. The number of hydrogen-bond donors (Lipinski definition) is 1. The van der Waals surface area contributed by atoms with E-state index in [2.05, 4.69) is 77.2 Å². The van der Waals surface area contributed by atoms with Crippen LogP contribution in [0.15, 0.2) is 48.6 Å². The van der Waals surface area contributed by atoms with Crippen molar-refractivity contribution in [1.29, 1.82) is 0 Å². The van der Waals surface area contributed by atoms with Gasteiger partial charge in [-0.3, -0.25) is 4.79 Å². The third-order valence-corrected chi connectivity index (χ3v) is 9.87. The molecule has 12 heteroatoms. The Bertz CT molecular complexity index is 1110. The fourth-order valence-electron chi connectivity index (χ4n) is 5.35. The summed E-state index contributed by atoms with van der Waals surface area (Å²) in [6, 6.07) is 4.91. The molecule has 6 nitrogen and oxygen atoms in total. The number of carboxylic acids is 1. The van der Waals surface area contributed by atoms with E-state index in [1.165, 1.54) is 12.1 Å². The van der Waals surface area contributed by atoms with Crippen molar-refractivity contribution in [3.63, 3.8) is 0 Å². The number of carboxylic acid groups (broad SMARTS) is 1. The Morgan fingerprint density at radius 3 is 2.18 bits per heavy atom. The lowest BCUT2D eigenvalue weighted by Crippen LogP contribution is -2.36. The molecule has 1 saturated carbocycles. The molecular weight excluding hydrogens is 622 g/mol. The van der Waals surface area contributed by atoms with E-state index in [1.54, 1.807) is 0 Å². The minimum atomic E-state index is -4.45. The molecule has 0 amide bonds. The molecule has 1 fully saturated rings. The third kappa shape index (κ3) is 15.0. The maximum absolute atomic E-state index is 13.3. The highest BCUT2D eigenvalue weighted by molar-refractivity contribution is 6.70. The molecule has 2 rings (SSSR count). The molecule has 1 N–H and O–H groups in total. The second kappa shape index (κ2) is 16.2. The molecule has 44 heavy (non-hydrogen) atoms. The van der Waals surface area contributed by atoms with Crippen LogP contribution >= 0.6 is 0 Å². The highest BCUT2D eigenvalue weighted by Gasteiger charge is 2.45. The van der Waals surface area contributed by atoms with E-state index in [0.717, 1.165) is 25.0 Å². The van der Waals surface area contributed by atoms with Crippen molar-refractivity contribution in [2.45, 2.75) is 116 Å². The van der Waals surface area contributed by atoms with Gasteiger partial charge < -0.3 is 23.1 Å². The number of benzene rings is 1. The molecule has 1 aliphatic rings. The Hall–Kier alpha value is -1.71. The topological polar surface area (TPSA) is 74.2 Å². The highest BCUT2D eigenvalue weighted by atomic mass is 28.4. The average Bonchev–Trinajstić information content (AvgIpc) is 3.13. The van der Waals surface area contributed by atoms with Crippen molar-refractivity contribution >= 4 is 30.9 Å². The largest absolute Gasteiger partial charge is 0.491 e. The van der Waals surface area contributed by atoms with Gasteiger partial charge in [0.05, 0.1) is 23.9 Å². The lowest BCUT2D eigenvalue weighted by Gasteiger charge is -2.30. The fraction of sp³-hybridized carbons (Fsp3) is 0.656. The highest BCUT2D eigenvalue weighted by Crippen LogP contribution is 2.42. The maximum atomic E-state index is 13.3. The monoisotopic (exact) mass is 674 g/mol. The zero-order valence-corrected chi connectivity index (χ0v) is 30.9. The first-order chi connectivity index (χ1) is 20.1. The Morgan fingerprint density at radius 1 is 0.977 bits per heavy atom. The van der Waals surface area contributed by atoms with Gasteiger partial charge in [0.15, 0.2) is 25.0 Å². The minimum absolute atomic E-state index is 0.0130. The third-order valence-electron chi connectivity index (χ3n) is 6.84. The molecule has 0 heterocycles. The normalized spacial score (nSPS) is 22.6. The summed E-state index contributed by atoms with van der Waals surface area (Å²) in [5, 5.41) is 8.95. The van der Waals surface area contributed by atoms with Crippen LogP contribution < -0.4 is 4.74 Å². The van der Waals surface area contributed by atoms with Gasteiger partial charge in [-0.25, -0.2) is 0 Å². The second-order valence-corrected chi connectivity index (χ2v) is 27.9. The van der Waals surface area contributed by atoms with E-state index in [0.29, 0.717) is 12.8 Å². The van der Waals surface area contributed by atoms with Gasteiger partial charge in [0.25, 0.3) is 0 Å². The summed E-state index contributed by atoms with van der Waals surface area (Å²) in [5.41, 5.74) is -0.752. The van der Waals surface area contributed by atoms with Crippen LogP contribution in [-0.2, 0) is 24.2 Å². The van der Waals surface area contributed by atoms with Crippen molar-refractivity contribution in [1.82, 2.24) is 0 Å². The number of allylic oxidation sites excluding steroid dienone is 2. The number of alkyl halides is 3. The Labute approximate surface area is 265 Å². The number of ether oxygens (including phenoxy) is 1.